The number of hydrogen-bond donors (Lipinski definition) is 2. The second-order valence-electron chi connectivity index (χ2n) is 7.90. The van der Waals surface area contributed by atoms with Crippen LogP contribution in [0.2, 0.25) is 0 Å². The molecule has 0 spiro atoms. The minimum atomic E-state index is -1.45. The number of esters is 4. The van der Waals surface area contributed by atoms with Crippen LogP contribution < -0.4 is 11.1 Å². The maximum atomic E-state index is 13.2. The maximum Gasteiger partial charge on any atom is 0.328 e. The van der Waals surface area contributed by atoms with Crippen LogP contribution in [0.15, 0.2) is 30.3 Å². The number of ether oxygens (including phenoxy) is 5. The molecule has 0 saturated carbocycles. The van der Waals surface area contributed by atoms with E-state index in [9.17, 15) is 24.0 Å². The number of rotatable bonds is 9. The summed E-state index contributed by atoms with van der Waals surface area (Å²) in [6.07, 6.45) is -5.06. The molecule has 1 aliphatic heterocycles. The first-order valence-electron chi connectivity index (χ1n) is 10.8. The number of benzene rings is 1. The summed E-state index contributed by atoms with van der Waals surface area (Å²) in [6.45, 7) is 3.00. The molecule has 35 heavy (non-hydrogen) atoms. The molecule has 1 amide bonds. The Kier molecular flexibility index (Phi) is 10.2. The van der Waals surface area contributed by atoms with E-state index >= 15 is 0 Å². The zero-order valence-electron chi connectivity index (χ0n) is 19.9. The Bertz CT molecular complexity index is 922. The van der Waals surface area contributed by atoms with E-state index in [0.717, 1.165) is 26.3 Å². The molecule has 1 fully saturated rings. The smallest absolute Gasteiger partial charge is 0.328 e. The van der Waals surface area contributed by atoms with Crippen molar-refractivity contribution in [3.63, 3.8) is 0 Å². The van der Waals surface area contributed by atoms with Crippen molar-refractivity contribution >= 4 is 29.8 Å². The molecule has 192 valence electrons. The molecular weight excluding hydrogens is 464 g/mol. The van der Waals surface area contributed by atoms with Gasteiger partial charge in [0.25, 0.3) is 5.91 Å². The molecule has 1 aliphatic rings. The fourth-order valence-corrected chi connectivity index (χ4v) is 3.64. The highest BCUT2D eigenvalue weighted by Gasteiger charge is 2.51. The summed E-state index contributed by atoms with van der Waals surface area (Å²) in [7, 11) is 1.19. The first-order chi connectivity index (χ1) is 16.5. The van der Waals surface area contributed by atoms with Crippen molar-refractivity contribution in [2.24, 2.45) is 5.73 Å². The molecular formula is C23H30N2O10. The van der Waals surface area contributed by atoms with Gasteiger partial charge in [-0.1, -0.05) is 30.3 Å². The van der Waals surface area contributed by atoms with Gasteiger partial charge in [0.1, 0.15) is 18.8 Å². The fraction of sp³-hybridized carbons (Fsp3) is 0.522. The topological polar surface area (TPSA) is 170 Å². The Hall–Kier alpha value is -3.51. The van der Waals surface area contributed by atoms with Crippen LogP contribution in [0.5, 0.6) is 0 Å². The molecule has 1 saturated heterocycles. The first-order valence-corrected chi connectivity index (χ1v) is 10.8. The van der Waals surface area contributed by atoms with Gasteiger partial charge in [0.05, 0.1) is 13.2 Å². The minimum absolute atomic E-state index is 0.127. The lowest BCUT2D eigenvalue weighted by atomic mass is 9.92. The van der Waals surface area contributed by atoms with Crippen LogP contribution in [0.4, 0.5) is 0 Å². The summed E-state index contributed by atoms with van der Waals surface area (Å²) in [6, 6.07) is 6.57. The largest absolute Gasteiger partial charge is 0.467 e. The van der Waals surface area contributed by atoms with Crippen molar-refractivity contribution in [3.8, 4) is 0 Å². The van der Waals surface area contributed by atoms with Gasteiger partial charge in [0.15, 0.2) is 18.3 Å². The molecule has 0 unspecified atom stereocenters. The normalized spacial score (nSPS) is 24.4. The summed E-state index contributed by atoms with van der Waals surface area (Å²) < 4.78 is 26.1. The van der Waals surface area contributed by atoms with Gasteiger partial charge in [-0.25, -0.2) is 4.79 Å². The lowest BCUT2D eigenvalue weighted by Crippen LogP contribution is -2.68. The van der Waals surface area contributed by atoms with Gasteiger partial charge >= 0.3 is 23.9 Å². The van der Waals surface area contributed by atoms with E-state index in [4.69, 9.17) is 29.4 Å². The number of hydrogen-bond acceptors (Lipinski definition) is 11. The lowest BCUT2D eigenvalue weighted by molar-refractivity contribution is -0.219. The summed E-state index contributed by atoms with van der Waals surface area (Å²) in [5.41, 5.74) is 6.98. The first kappa shape index (κ1) is 27.7. The fourth-order valence-electron chi connectivity index (χ4n) is 3.64. The lowest BCUT2D eigenvalue weighted by Gasteiger charge is -2.43. The Labute approximate surface area is 202 Å². The second kappa shape index (κ2) is 12.8. The number of carbonyl (C=O) groups is 5. The quantitative estimate of drug-likeness (QED) is 0.332. The summed E-state index contributed by atoms with van der Waals surface area (Å²) in [4.78, 5) is 60.3. The van der Waals surface area contributed by atoms with Crippen molar-refractivity contribution < 1.29 is 47.7 Å². The highest BCUT2D eigenvalue weighted by molar-refractivity contribution is 5.88. The third-order valence-electron chi connectivity index (χ3n) is 5.14. The molecule has 12 heteroatoms. The van der Waals surface area contributed by atoms with Crippen molar-refractivity contribution in [3.05, 3.63) is 35.9 Å². The average Bonchev–Trinajstić information content (AvgIpc) is 2.79. The van der Waals surface area contributed by atoms with Crippen LogP contribution in [-0.4, -0.2) is 80.0 Å². The summed E-state index contributed by atoms with van der Waals surface area (Å²) in [5, 5.41) is 2.56. The molecule has 0 aromatic heterocycles. The van der Waals surface area contributed by atoms with Crippen molar-refractivity contribution in [1.82, 2.24) is 5.32 Å². The third kappa shape index (κ3) is 8.04. The third-order valence-corrected chi connectivity index (χ3v) is 5.14. The number of nitrogens with two attached hydrogens (primary N) is 1. The van der Waals surface area contributed by atoms with Crippen molar-refractivity contribution in [2.45, 2.75) is 63.7 Å². The number of carbonyl (C=O) groups excluding carboxylic acids is 5. The number of methoxy groups -OCH3 is 1. The van der Waals surface area contributed by atoms with Gasteiger partial charge in [-0.15, -0.1) is 0 Å². The molecule has 12 nitrogen and oxygen atoms in total. The number of amides is 1. The van der Waals surface area contributed by atoms with Crippen LogP contribution in [0.25, 0.3) is 0 Å². The van der Waals surface area contributed by atoms with Crippen LogP contribution in [0.1, 0.15) is 26.3 Å². The van der Waals surface area contributed by atoms with E-state index in [1.807, 2.05) is 6.07 Å². The van der Waals surface area contributed by atoms with E-state index in [-0.39, 0.29) is 6.42 Å². The SMILES string of the molecule is COC(=O)[C@H](Cc1ccccc1)NC(=O)[C@@H]1O[C@H](COC(C)=O)[C@@H](OC(C)=O)[C@H](OC(C)=O)[C@H]1N. The average molecular weight is 494 g/mol. The molecule has 1 aromatic rings. The van der Waals surface area contributed by atoms with Crippen LogP contribution in [0.3, 0.4) is 0 Å². The predicted octanol–water partition coefficient (Wildman–Crippen LogP) is -0.592. The minimum Gasteiger partial charge on any atom is -0.467 e. The maximum absolute atomic E-state index is 13.2. The Morgan fingerprint density at radius 2 is 1.57 bits per heavy atom. The molecule has 0 bridgehead atoms. The van der Waals surface area contributed by atoms with E-state index in [1.54, 1.807) is 24.3 Å². The van der Waals surface area contributed by atoms with Crippen molar-refractivity contribution in [2.75, 3.05) is 13.7 Å². The molecule has 1 heterocycles. The van der Waals surface area contributed by atoms with Gasteiger partial charge in [0.2, 0.25) is 0 Å². The number of nitrogens with one attached hydrogen (secondary N) is 1. The molecule has 2 rings (SSSR count). The van der Waals surface area contributed by atoms with E-state index in [2.05, 4.69) is 5.32 Å². The Morgan fingerprint density at radius 1 is 0.971 bits per heavy atom. The standard InChI is InChI=1S/C23H30N2O10/c1-12(26)32-11-17-19(33-13(2)27)20(34-14(3)28)18(24)21(35-17)22(29)25-16(23(30)31-4)10-15-8-6-5-7-9-15/h5-9,16-21H,10-11,24H2,1-4H3,(H,25,29)/t16-,17+,18+,19+,20+,21+/m0/s1. The van der Waals surface area contributed by atoms with Gasteiger partial charge in [-0.05, 0) is 5.56 Å². The molecule has 0 aliphatic carbocycles. The van der Waals surface area contributed by atoms with E-state index in [1.165, 1.54) is 7.11 Å². The van der Waals surface area contributed by atoms with Gasteiger partial charge in [-0.3, -0.25) is 19.2 Å². The second-order valence-corrected chi connectivity index (χ2v) is 7.90. The van der Waals surface area contributed by atoms with E-state index in [0.29, 0.717) is 0 Å². The summed E-state index contributed by atoms with van der Waals surface area (Å²) in [5.74, 6) is -3.62. The van der Waals surface area contributed by atoms with Gasteiger partial charge in [-0.2, -0.15) is 0 Å². The zero-order chi connectivity index (χ0) is 26.1. The van der Waals surface area contributed by atoms with Gasteiger partial charge < -0.3 is 34.7 Å². The Balaban J connectivity index is 2.31. The Morgan fingerprint density at radius 3 is 2.11 bits per heavy atom. The van der Waals surface area contributed by atoms with Gasteiger partial charge in [0, 0.05) is 27.2 Å². The van der Waals surface area contributed by atoms with Crippen LogP contribution in [0, 0.1) is 0 Å². The van der Waals surface area contributed by atoms with Crippen molar-refractivity contribution in [1.29, 1.82) is 0 Å². The molecule has 6 atom stereocenters. The predicted molar refractivity (Wildman–Crippen MR) is 118 cm³/mol. The highest BCUT2D eigenvalue weighted by Crippen LogP contribution is 2.26. The van der Waals surface area contributed by atoms with E-state index < -0.39 is 72.9 Å². The molecule has 3 N–H and O–H groups in total. The molecule has 1 aromatic carbocycles. The zero-order valence-corrected chi connectivity index (χ0v) is 19.9. The summed E-state index contributed by atoms with van der Waals surface area (Å²) >= 11 is 0. The van der Waals surface area contributed by atoms with Crippen LogP contribution >= 0.6 is 0 Å². The molecule has 0 radical (unpaired) electrons. The monoisotopic (exact) mass is 494 g/mol. The highest BCUT2D eigenvalue weighted by atomic mass is 16.6. The van der Waals surface area contributed by atoms with Crippen LogP contribution in [-0.2, 0) is 54.1 Å².